The second-order valence-corrected chi connectivity index (χ2v) is 4.45. The van der Waals surface area contributed by atoms with Crippen molar-refractivity contribution in [2.24, 2.45) is 0 Å². The summed E-state index contributed by atoms with van der Waals surface area (Å²) in [5.41, 5.74) is 1.54. The van der Waals surface area contributed by atoms with Crippen LogP contribution in [0.2, 0.25) is 0 Å². The molecule has 3 nitrogen and oxygen atoms in total. The van der Waals surface area contributed by atoms with Crippen molar-refractivity contribution in [2.75, 3.05) is 6.61 Å². The fourth-order valence-electron chi connectivity index (χ4n) is 1.75. The first kappa shape index (κ1) is 12.7. The van der Waals surface area contributed by atoms with Crippen LogP contribution in [0.25, 0.3) is 0 Å². The van der Waals surface area contributed by atoms with Crippen molar-refractivity contribution in [3.8, 4) is 11.8 Å². The van der Waals surface area contributed by atoms with Crippen molar-refractivity contribution < 1.29 is 9.90 Å². The molecule has 94 valence electrons. The summed E-state index contributed by atoms with van der Waals surface area (Å²) in [7, 11) is 0. The number of carbonyl (C=O) groups is 1. The molecule has 1 fully saturated rings. The van der Waals surface area contributed by atoms with E-state index >= 15 is 0 Å². The molecule has 1 aromatic carbocycles. The molecule has 1 aliphatic rings. The van der Waals surface area contributed by atoms with Crippen LogP contribution in [0.5, 0.6) is 0 Å². The van der Waals surface area contributed by atoms with Crippen LogP contribution in [0.1, 0.15) is 41.6 Å². The van der Waals surface area contributed by atoms with Gasteiger partial charge in [0.25, 0.3) is 5.91 Å². The van der Waals surface area contributed by atoms with E-state index in [1.165, 1.54) is 6.42 Å². The van der Waals surface area contributed by atoms with Gasteiger partial charge < -0.3 is 10.4 Å². The van der Waals surface area contributed by atoms with Crippen LogP contribution in [0.4, 0.5) is 0 Å². The Morgan fingerprint density at radius 3 is 2.61 bits per heavy atom. The first-order valence-electron chi connectivity index (χ1n) is 6.30. The minimum atomic E-state index is -0.00503. The van der Waals surface area contributed by atoms with Crippen molar-refractivity contribution >= 4 is 5.91 Å². The average Bonchev–Trinajstić information content (AvgIpc) is 2.35. The van der Waals surface area contributed by atoms with Gasteiger partial charge in [0, 0.05) is 23.6 Å². The van der Waals surface area contributed by atoms with Crippen molar-refractivity contribution in [2.45, 2.75) is 31.7 Å². The van der Waals surface area contributed by atoms with E-state index in [0.29, 0.717) is 18.0 Å². The summed E-state index contributed by atoms with van der Waals surface area (Å²) in [6.45, 7) is 0.0783. The molecule has 0 bridgehead atoms. The Morgan fingerprint density at radius 2 is 2.06 bits per heavy atom. The Hall–Kier alpha value is -1.79. The molecular weight excluding hydrogens is 226 g/mol. The summed E-state index contributed by atoms with van der Waals surface area (Å²) in [5.74, 6) is 5.78. The van der Waals surface area contributed by atoms with Gasteiger partial charge in [0.05, 0.1) is 6.61 Å². The molecule has 2 rings (SSSR count). The average molecular weight is 243 g/mol. The number of hydrogen-bond acceptors (Lipinski definition) is 2. The standard InChI is InChI=1S/C15H17NO2/c17-11-2-1-4-12-7-9-13(10-8-12)15(18)16-14-5-3-6-14/h7-10,14,17H,2-3,5-6,11H2,(H,16,18). The van der Waals surface area contributed by atoms with E-state index in [4.69, 9.17) is 5.11 Å². The number of aliphatic hydroxyl groups excluding tert-OH is 1. The molecular formula is C15H17NO2. The van der Waals surface area contributed by atoms with Gasteiger partial charge in [0.15, 0.2) is 0 Å². The molecule has 1 aromatic rings. The first-order valence-corrected chi connectivity index (χ1v) is 6.30. The Morgan fingerprint density at radius 1 is 1.33 bits per heavy atom. The third-order valence-corrected chi connectivity index (χ3v) is 3.06. The van der Waals surface area contributed by atoms with E-state index in [-0.39, 0.29) is 12.5 Å². The number of nitrogens with one attached hydrogen (secondary N) is 1. The van der Waals surface area contributed by atoms with Crippen LogP contribution in [0.3, 0.4) is 0 Å². The molecule has 2 N–H and O–H groups in total. The zero-order valence-corrected chi connectivity index (χ0v) is 10.3. The highest BCUT2D eigenvalue weighted by Crippen LogP contribution is 2.18. The molecule has 0 radical (unpaired) electrons. The van der Waals surface area contributed by atoms with E-state index in [1.807, 2.05) is 12.1 Å². The Labute approximate surface area is 107 Å². The lowest BCUT2D eigenvalue weighted by atomic mass is 9.93. The van der Waals surface area contributed by atoms with Gasteiger partial charge in [-0.1, -0.05) is 11.8 Å². The summed E-state index contributed by atoms with van der Waals surface area (Å²) in [5, 5.41) is 11.6. The molecule has 1 saturated carbocycles. The highest BCUT2D eigenvalue weighted by Gasteiger charge is 2.19. The predicted octanol–water partition coefficient (Wildman–Crippen LogP) is 1.70. The SMILES string of the molecule is O=C(NC1CCC1)c1ccc(C#CCCO)cc1. The minimum absolute atomic E-state index is 0.00503. The molecule has 0 saturated heterocycles. The van der Waals surface area contributed by atoms with E-state index in [0.717, 1.165) is 18.4 Å². The van der Waals surface area contributed by atoms with E-state index < -0.39 is 0 Å². The van der Waals surface area contributed by atoms with Crippen molar-refractivity contribution in [1.82, 2.24) is 5.32 Å². The number of amides is 1. The monoisotopic (exact) mass is 243 g/mol. The third kappa shape index (κ3) is 3.35. The summed E-state index contributed by atoms with van der Waals surface area (Å²) >= 11 is 0. The van der Waals surface area contributed by atoms with Gasteiger partial charge in [-0.05, 0) is 43.5 Å². The maximum absolute atomic E-state index is 11.8. The summed E-state index contributed by atoms with van der Waals surface area (Å²) in [6, 6.07) is 7.61. The molecule has 1 amide bonds. The van der Waals surface area contributed by atoms with Gasteiger partial charge in [-0.25, -0.2) is 0 Å². The van der Waals surface area contributed by atoms with E-state index in [1.54, 1.807) is 12.1 Å². The molecule has 0 atom stereocenters. The van der Waals surface area contributed by atoms with Gasteiger partial charge in [-0.2, -0.15) is 0 Å². The molecule has 0 aliphatic heterocycles. The first-order chi connectivity index (χ1) is 8.79. The van der Waals surface area contributed by atoms with Crippen LogP contribution < -0.4 is 5.32 Å². The molecule has 0 aromatic heterocycles. The quantitative estimate of drug-likeness (QED) is 0.794. The lowest BCUT2D eigenvalue weighted by Gasteiger charge is -2.26. The second-order valence-electron chi connectivity index (χ2n) is 4.45. The van der Waals surface area contributed by atoms with Crippen molar-refractivity contribution in [1.29, 1.82) is 0 Å². The third-order valence-electron chi connectivity index (χ3n) is 3.06. The molecule has 0 spiro atoms. The molecule has 18 heavy (non-hydrogen) atoms. The number of aliphatic hydroxyl groups is 1. The van der Waals surface area contributed by atoms with Crippen LogP contribution in [0, 0.1) is 11.8 Å². The van der Waals surface area contributed by atoms with Crippen LogP contribution in [0.15, 0.2) is 24.3 Å². The number of hydrogen-bond donors (Lipinski definition) is 2. The smallest absolute Gasteiger partial charge is 0.251 e. The van der Waals surface area contributed by atoms with Crippen LogP contribution in [-0.2, 0) is 0 Å². The Kier molecular flexibility index (Phi) is 4.38. The van der Waals surface area contributed by atoms with Gasteiger partial charge in [0.1, 0.15) is 0 Å². The molecule has 1 aliphatic carbocycles. The highest BCUT2D eigenvalue weighted by atomic mass is 16.2. The minimum Gasteiger partial charge on any atom is -0.395 e. The van der Waals surface area contributed by atoms with Crippen LogP contribution >= 0.6 is 0 Å². The zero-order chi connectivity index (χ0) is 12.8. The topological polar surface area (TPSA) is 49.3 Å². The molecule has 0 unspecified atom stereocenters. The molecule has 3 heteroatoms. The largest absolute Gasteiger partial charge is 0.395 e. The summed E-state index contributed by atoms with van der Waals surface area (Å²) in [4.78, 5) is 11.8. The summed E-state index contributed by atoms with van der Waals surface area (Å²) in [6.07, 6.45) is 3.88. The second kappa shape index (κ2) is 6.23. The number of rotatable bonds is 3. The highest BCUT2D eigenvalue weighted by molar-refractivity contribution is 5.94. The maximum Gasteiger partial charge on any atom is 0.251 e. The zero-order valence-electron chi connectivity index (χ0n) is 10.3. The predicted molar refractivity (Wildman–Crippen MR) is 70.1 cm³/mol. The molecule has 0 heterocycles. The lowest BCUT2D eigenvalue weighted by molar-refractivity contribution is 0.0917. The Bertz CT molecular complexity index is 464. The van der Waals surface area contributed by atoms with Gasteiger partial charge >= 0.3 is 0 Å². The van der Waals surface area contributed by atoms with Gasteiger partial charge in [-0.15, -0.1) is 0 Å². The van der Waals surface area contributed by atoms with Crippen molar-refractivity contribution in [3.63, 3.8) is 0 Å². The Balaban J connectivity index is 1.94. The van der Waals surface area contributed by atoms with Crippen LogP contribution in [-0.4, -0.2) is 23.7 Å². The normalized spacial score (nSPS) is 14.3. The fraction of sp³-hybridized carbons (Fsp3) is 0.400. The number of carbonyl (C=O) groups excluding carboxylic acids is 1. The maximum atomic E-state index is 11.8. The van der Waals surface area contributed by atoms with E-state index in [2.05, 4.69) is 17.2 Å². The lowest BCUT2D eigenvalue weighted by Crippen LogP contribution is -2.39. The van der Waals surface area contributed by atoms with Gasteiger partial charge in [0.2, 0.25) is 0 Å². The van der Waals surface area contributed by atoms with E-state index in [9.17, 15) is 4.79 Å². The number of benzene rings is 1. The van der Waals surface area contributed by atoms with Crippen molar-refractivity contribution in [3.05, 3.63) is 35.4 Å². The summed E-state index contributed by atoms with van der Waals surface area (Å²) < 4.78 is 0. The van der Waals surface area contributed by atoms with Gasteiger partial charge in [-0.3, -0.25) is 4.79 Å². The fourth-order valence-corrected chi connectivity index (χ4v) is 1.75.